The van der Waals surface area contributed by atoms with Gasteiger partial charge in [-0.05, 0) is 34.1 Å². The average Bonchev–Trinajstić information content (AvgIpc) is 1.94. The van der Waals surface area contributed by atoms with Gasteiger partial charge in [-0.15, -0.1) is 0 Å². The topological polar surface area (TPSA) is 29.3 Å². The highest BCUT2D eigenvalue weighted by Gasteiger charge is 2.19. The lowest BCUT2D eigenvalue weighted by Crippen LogP contribution is -2.47. The van der Waals surface area contributed by atoms with Crippen molar-refractivity contribution in [3.63, 3.8) is 0 Å². The fourth-order valence-electron chi connectivity index (χ4n) is 1.80. The molecule has 0 radical (unpaired) electrons. The highest BCUT2D eigenvalue weighted by atomic mass is 15.1. The Kier molecular flexibility index (Phi) is 3.14. The molecule has 0 saturated carbocycles. The Bertz CT molecular complexity index is 211. The first kappa shape index (κ1) is 10.7. The molecule has 0 atom stereocenters. The average molecular weight is 182 g/mol. The van der Waals surface area contributed by atoms with E-state index in [9.17, 15) is 0 Å². The van der Waals surface area contributed by atoms with E-state index in [1.165, 1.54) is 18.5 Å². The molecule has 0 amide bonds. The van der Waals surface area contributed by atoms with Crippen LogP contribution in [-0.2, 0) is 0 Å². The second-order valence-corrected chi connectivity index (χ2v) is 5.01. The third kappa shape index (κ3) is 3.49. The van der Waals surface area contributed by atoms with E-state index in [0.717, 1.165) is 13.1 Å². The van der Waals surface area contributed by atoms with Crippen molar-refractivity contribution in [2.24, 2.45) is 5.73 Å². The van der Waals surface area contributed by atoms with Crippen molar-refractivity contribution in [2.75, 3.05) is 19.6 Å². The Morgan fingerprint density at radius 3 is 2.38 bits per heavy atom. The summed E-state index contributed by atoms with van der Waals surface area (Å²) >= 11 is 0. The maximum atomic E-state index is 5.99. The van der Waals surface area contributed by atoms with Crippen LogP contribution in [-0.4, -0.2) is 30.1 Å². The summed E-state index contributed by atoms with van der Waals surface area (Å²) < 4.78 is 0. The molecule has 1 heterocycles. The van der Waals surface area contributed by atoms with E-state index in [1.54, 1.807) is 5.57 Å². The molecule has 13 heavy (non-hydrogen) atoms. The van der Waals surface area contributed by atoms with Gasteiger partial charge in [-0.25, -0.2) is 0 Å². The van der Waals surface area contributed by atoms with Crippen LogP contribution in [0.25, 0.3) is 0 Å². The second kappa shape index (κ2) is 3.81. The molecule has 1 aliphatic rings. The van der Waals surface area contributed by atoms with Gasteiger partial charge in [0, 0.05) is 25.2 Å². The van der Waals surface area contributed by atoms with E-state index in [4.69, 9.17) is 5.73 Å². The Morgan fingerprint density at radius 1 is 1.31 bits per heavy atom. The summed E-state index contributed by atoms with van der Waals surface area (Å²) in [5.41, 5.74) is 9.01. The quantitative estimate of drug-likeness (QED) is 0.659. The molecule has 2 heteroatoms. The molecular weight excluding hydrogens is 160 g/mol. The SMILES string of the molecule is CC1=C(C)CN(CC(C)(C)N)CC1. The molecule has 2 nitrogen and oxygen atoms in total. The molecule has 1 rings (SSSR count). The minimum atomic E-state index is -0.0640. The first-order valence-electron chi connectivity index (χ1n) is 5.05. The zero-order chi connectivity index (χ0) is 10.1. The lowest BCUT2D eigenvalue weighted by atomic mass is 10.00. The smallest absolute Gasteiger partial charge is 0.0226 e. The van der Waals surface area contributed by atoms with Gasteiger partial charge in [0.05, 0.1) is 0 Å². The molecule has 76 valence electrons. The summed E-state index contributed by atoms with van der Waals surface area (Å²) in [6.45, 7) is 11.9. The first-order valence-corrected chi connectivity index (χ1v) is 5.05. The lowest BCUT2D eigenvalue weighted by molar-refractivity contribution is 0.234. The number of rotatable bonds is 2. The Balaban J connectivity index is 2.50. The molecule has 0 bridgehead atoms. The van der Waals surface area contributed by atoms with Crippen molar-refractivity contribution in [2.45, 2.75) is 39.7 Å². The Hall–Kier alpha value is -0.340. The van der Waals surface area contributed by atoms with Crippen LogP contribution in [0.1, 0.15) is 34.1 Å². The normalized spacial score (nSPS) is 21.0. The van der Waals surface area contributed by atoms with Crippen molar-refractivity contribution < 1.29 is 0 Å². The fourth-order valence-corrected chi connectivity index (χ4v) is 1.80. The summed E-state index contributed by atoms with van der Waals surface area (Å²) in [5.74, 6) is 0. The molecule has 0 aromatic carbocycles. The number of hydrogen-bond donors (Lipinski definition) is 1. The molecule has 0 aromatic heterocycles. The second-order valence-electron chi connectivity index (χ2n) is 5.01. The van der Waals surface area contributed by atoms with E-state index in [-0.39, 0.29) is 5.54 Å². The number of nitrogens with zero attached hydrogens (tertiary/aromatic N) is 1. The fraction of sp³-hybridized carbons (Fsp3) is 0.818. The molecule has 0 aliphatic carbocycles. The predicted molar refractivity (Wildman–Crippen MR) is 57.7 cm³/mol. The van der Waals surface area contributed by atoms with Crippen LogP contribution in [0.5, 0.6) is 0 Å². The molecular formula is C11H22N2. The van der Waals surface area contributed by atoms with Crippen LogP contribution in [0.4, 0.5) is 0 Å². The van der Waals surface area contributed by atoms with Gasteiger partial charge in [0.1, 0.15) is 0 Å². The third-order valence-electron chi connectivity index (χ3n) is 2.62. The zero-order valence-corrected chi connectivity index (χ0v) is 9.35. The van der Waals surface area contributed by atoms with E-state index in [1.807, 2.05) is 0 Å². The van der Waals surface area contributed by atoms with Crippen molar-refractivity contribution in [3.05, 3.63) is 11.1 Å². The standard InChI is InChI=1S/C11H22N2/c1-9-5-6-13(7-10(9)2)8-11(3,4)12/h5-8,12H2,1-4H3. The summed E-state index contributed by atoms with van der Waals surface area (Å²) in [5, 5.41) is 0. The minimum Gasteiger partial charge on any atom is -0.324 e. The summed E-state index contributed by atoms with van der Waals surface area (Å²) in [6, 6.07) is 0. The van der Waals surface area contributed by atoms with Crippen molar-refractivity contribution >= 4 is 0 Å². The van der Waals surface area contributed by atoms with Crippen LogP contribution in [0.15, 0.2) is 11.1 Å². The van der Waals surface area contributed by atoms with Crippen LogP contribution >= 0.6 is 0 Å². The highest BCUT2D eigenvalue weighted by molar-refractivity contribution is 5.14. The van der Waals surface area contributed by atoms with Crippen molar-refractivity contribution in [1.29, 1.82) is 0 Å². The predicted octanol–water partition coefficient (Wildman–Crippen LogP) is 1.77. The monoisotopic (exact) mass is 182 g/mol. The molecule has 1 aliphatic heterocycles. The van der Waals surface area contributed by atoms with Gasteiger partial charge in [-0.3, -0.25) is 4.90 Å². The molecule has 0 fully saturated rings. The van der Waals surface area contributed by atoms with Gasteiger partial charge in [-0.1, -0.05) is 11.1 Å². The van der Waals surface area contributed by atoms with Gasteiger partial charge in [0.25, 0.3) is 0 Å². The minimum absolute atomic E-state index is 0.0640. The van der Waals surface area contributed by atoms with E-state index in [0.29, 0.717) is 0 Å². The Labute approximate surface area is 81.8 Å². The van der Waals surface area contributed by atoms with Crippen molar-refractivity contribution in [3.8, 4) is 0 Å². The highest BCUT2D eigenvalue weighted by Crippen LogP contribution is 2.17. The van der Waals surface area contributed by atoms with Crippen LogP contribution in [0.2, 0.25) is 0 Å². The molecule has 0 aromatic rings. The molecule has 0 saturated heterocycles. The zero-order valence-electron chi connectivity index (χ0n) is 9.35. The van der Waals surface area contributed by atoms with Crippen molar-refractivity contribution in [1.82, 2.24) is 4.90 Å². The van der Waals surface area contributed by atoms with Crippen LogP contribution in [0, 0.1) is 0 Å². The maximum absolute atomic E-state index is 5.99. The number of nitrogens with two attached hydrogens (primary N) is 1. The summed E-state index contributed by atoms with van der Waals surface area (Å²) in [6.07, 6.45) is 1.21. The summed E-state index contributed by atoms with van der Waals surface area (Å²) in [7, 11) is 0. The first-order chi connectivity index (χ1) is 5.88. The number of hydrogen-bond acceptors (Lipinski definition) is 2. The van der Waals surface area contributed by atoms with E-state index < -0.39 is 0 Å². The van der Waals surface area contributed by atoms with E-state index >= 15 is 0 Å². The van der Waals surface area contributed by atoms with Gasteiger partial charge in [0.15, 0.2) is 0 Å². The lowest BCUT2D eigenvalue weighted by Gasteiger charge is -2.33. The van der Waals surface area contributed by atoms with Gasteiger partial charge < -0.3 is 5.73 Å². The van der Waals surface area contributed by atoms with Crippen LogP contribution < -0.4 is 5.73 Å². The summed E-state index contributed by atoms with van der Waals surface area (Å²) in [4.78, 5) is 2.45. The van der Waals surface area contributed by atoms with Gasteiger partial charge in [-0.2, -0.15) is 0 Å². The third-order valence-corrected chi connectivity index (χ3v) is 2.62. The van der Waals surface area contributed by atoms with Crippen LogP contribution in [0.3, 0.4) is 0 Å². The molecule has 2 N–H and O–H groups in total. The van der Waals surface area contributed by atoms with Gasteiger partial charge in [0.2, 0.25) is 0 Å². The molecule has 0 unspecified atom stereocenters. The largest absolute Gasteiger partial charge is 0.324 e. The van der Waals surface area contributed by atoms with E-state index in [2.05, 4.69) is 32.6 Å². The maximum Gasteiger partial charge on any atom is 0.0226 e. The van der Waals surface area contributed by atoms with Gasteiger partial charge >= 0.3 is 0 Å². The molecule has 0 spiro atoms. The Morgan fingerprint density at radius 2 is 1.92 bits per heavy atom.